The molecule has 0 unspecified atom stereocenters. The molecule has 2 aromatic heterocycles. The highest BCUT2D eigenvalue weighted by Gasteiger charge is 2.44. The van der Waals surface area contributed by atoms with Gasteiger partial charge in [-0.25, -0.2) is 4.98 Å². The fraction of sp³-hybridized carbons (Fsp3) is 0.571. The van der Waals surface area contributed by atoms with Crippen molar-refractivity contribution in [3.63, 3.8) is 0 Å². The van der Waals surface area contributed by atoms with E-state index in [1.807, 2.05) is 0 Å². The molecule has 0 aromatic carbocycles. The Hall–Kier alpha value is -2.34. The lowest BCUT2D eigenvalue weighted by Crippen LogP contribution is -2.33. The van der Waals surface area contributed by atoms with Crippen molar-refractivity contribution in [1.29, 1.82) is 0 Å². The number of amides is 1. The number of fused-ring (bicyclic) bond motifs is 1. The molecule has 0 bridgehead atoms. The minimum absolute atomic E-state index is 0.0136. The van der Waals surface area contributed by atoms with Crippen molar-refractivity contribution < 1.29 is 24.9 Å². The SMILES string of the molecule is CC(C)C(=O)[15NH]c1nc2c(ncn2[13C@@H]2O[13C@H]([13CH2]O)[13C@@H](O)[13C@H]2O)c(=O)[nH]1. The monoisotopic (exact) mass is 359 g/mol. The van der Waals surface area contributed by atoms with Crippen LogP contribution >= 0.6 is 0 Å². The molecule has 0 spiro atoms. The normalized spacial score (nSPS) is 26.5. The van der Waals surface area contributed by atoms with E-state index in [0.717, 1.165) is 0 Å². The Kier molecular flexibility index (Phi) is 4.56. The molecule has 1 fully saturated rings. The van der Waals surface area contributed by atoms with E-state index >= 15 is 0 Å². The first-order valence-electron chi connectivity index (χ1n) is 7.73. The number of H-pyrrole nitrogens is 1. The smallest absolute Gasteiger partial charge is 0.280 e. The number of hydrogen-bond donors (Lipinski definition) is 5. The van der Waals surface area contributed by atoms with Gasteiger partial charge in [0.2, 0.25) is 11.9 Å². The molecule has 0 radical (unpaired) electrons. The zero-order valence-electron chi connectivity index (χ0n) is 13.6. The number of carbonyl (C=O) groups is 1. The summed E-state index contributed by atoms with van der Waals surface area (Å²) >= 11 is 0. The number of nitrogens with one attached hydrogen (secondary N) is 2. The van der Waals surface area contributed by atoms with E-state index in [1.54, 1.807) is 13.8 Å². The van der Waals surface area contributed by atoms with Crippen LogP contribution in [0.25, 0.3) is 11.2 Å². The van der Waals surface area contributed by atoms with Crippen LogP contribution < -0.4 is 10.9 Å². The molecule has 0 aliphatic carbocycles. The van der Waals surface area contributed by atoms with Crippen molar-refractivity contribution in [2.45, 2.75) is 38.4 Å². The number of aliphatic hydroxyl groups is 3. The first-order chi connectivity index (χ1) is 11.8. The van der Waals surface area contributed by atoms with Gasteiger partial charge in [0.05, 0.1) is 12.9 Å². The number of rotatable bonds is 4. The molecule has 1 aliphatic rings. The summed E-state index contributed by atoms with van der Waals surface area (Å²) in [6.45, 7) is 2.90. The van der Waals surface area contributed by atoms with Gasteiger partial charge in [0.15, 0.2) is 17.4 Å². The van der Waals surface area contributed by atoms with Crippen LogP contribution in [-0.4, -0.2) is 65.7 Å². The van der Waals surface area contributed by atoms with E-state index in [2.05, 4.69) is 20.3 Å². The van der Waals surface area contributed by atoms with Crippen molar-refractivity contribution in [2.24, 2.45) is 5.92 Å². The second-order valence-corrected chi connectivity index (χ2v) is 6.11. The Morgan fingerprint density at radius 3 is 2.76 bits per heavy atom. The Morgan fingerprint density at radius 1 is 1.44 bits per heavy atom. The van der Waals surface area contributed by atoms with Gasteiger partial charge in [-0.15, -0.1) is 0 Å². The van der Waals surface area contributed by atoms with Crippen LogP contribution in [0.2, 0.25) is 0 Å². The molecule has 25 heavy (non-hydrogen) atoms. The number of aromatic nitrogens is 4. The molecule has 3 rings (SSSR count). The lowest BCUT2D eigenvalue weighted by atomic mass is 10.2. The molecular weight excluding hydrogens is 340 g/mol. The van der Waals surface area contributed by atoms with E-state index in [1.165, 1.54) is 10.9 Å². The quantitative estimate of drug-likeness (QED) is 0.319. The van der Waals surface area contributed by atoms with Crippen LogP contribution in [0.4, 0.5) is 5.95 Å². The van der Waals surface area contributed by atoms with Crippen molar-refractivity contribution >= 4 is 23.0 Å². The number of hydrogen-bond acceptors (Lipinski definition) is 8. The predicted octanol–water partition coefficient (Wildman–Crippen LogP) is -1.67. The number of carbonyl (C=O) groups excluding carboxylic acids is 1. The van der Waals surface area contributed by atoms with Crippen LogP contribution in [0.3, 0.4) is 0 Å². The first kappa shape index (κ1) is 17.5. The number of nitrogens with zero attached hydrogens (tertiary/aromatic N) is 3. The predicted molar refractivity (Wildman–Crippen MR) is 84.6 cm³/mol. The Labute approximate surface area is 141 Å². The third-order valence-electron chi connectivity index (χ3n) is 3.99. The highest BCUT2D eigenvalue weighted by molar-refractivity contribution is 5.91. The summed E-state index contributed by atoms with van der Waals surface area (Å²) in [7, 11) is 0. The topological polar surface area (TPSA) is 163 Å². The lowest BCUT2D eigenvalue weighted by Gasteiger charge is -2.16. The maximum atomic E-state index is 12.1. The number of anilines is 1. The van der Waals surface area contributed by atoms with Gasteiger partial charge >= 0.3 is 0 Å². The molecule has 11 nitrogen and oxygen atoms in total. The number of aliphatic hydroxyl groups excluding tert-OH is 3. The molecule has 1 aliphatic heterocycles. The summed E-state index contributed by atoms with van der Waals surface area (Å²) in [6.07, 6.45) is -3.46. The lowest BCUT2D eigenvalue weighted by molar-refractivity contribution is -0.118. The molecule has 136 valence electrons. The molecular formula is C14H19N5O6. The Bertz CT molecular complexity index is 846. The van der Waals surface area contributed by atoms with Crippen molar-refractivity contribution in [3.05, 3.63) is 16.7 Å². The van der Waals surface area contributed by atoms with Gasteiger partial charge in [-0.1, -0.05) is 13.8 Å². The third-order valence-corrected chi connectivity index (χ3v) is 3.99. The standard InChI is InChI=1S/C14H19N5O6/c1-5(2)11(23)17-14-16-10-7(12(24)18-14)15-4-19(10)13-9(22)8(21)6(3-20)25-13/h4-6,8-9,13,20-22H,3H2,1-2H3,(H2,16,17,18,23,24)/t6-,8-,9-,13-/m1/s1/i3+1,6+1,8+1,9+1,13+1,17+1. The minimum Gasteiger partial charge on any atom is -0.394 e. The zero-order chi connectivity index (χ0) is 18.3. The Balaban J connectivity index is 2.01. The van der Waals surface area contributed by atoms with Gasteiger partial charge in [-0.3, -0.25) is 24.5 Å². The average Bonchev–Trinajstić information content (AvgIpc) is 3.10. The Morgan fingerprint density at radius 2 is 2.16 bits per heavy atom. The molecule has 1 saturated heterocycles. The highest BCUT2D eigenvalue weighted by Crippen LogP contribution is 2.30. The number of aromatic amines is 1. The molecule has 4 atom stereocenters. The fourth-order valence-corrected chi connectivity index (χ4v) is 2.54. The van der Waals surface area contributed by atoms with Crippen LogP contribution in [0.5, 0.6) is 0 Å². The molecule has 3 heterocycles. The van der Waals surface area contributed by atoms with E-state index in [-0.39, 0.29) is 28.9 Å². The maximum Gasteiger partial charge on any atom is 0.280 e. The van der Waals surface area contributed by atoms with Crippen molar-refractivity contribution in [2.75, 3.05) is 11.9 Å². The largest absolute Gasteiger partial charge is 0.394 e. The summed E-state index contributed by atoms with van der Waals surface area (Å²) in [5, 5.41) is 31.7. The van der Waals surface area contributed by atoms with Crippen molar-refractivity contribution in [1.82, 2.24) is 19.5 Å². The summed E-state index contributed by atoms with van der Waals surface area (Å²) in [5.41, 5.74) is -0.521. The second kappa shape index (κ2) is 6.52. The third kappa shape index (κ3) is 3.02. The van der Waals surface area contributed by atoms with Crippen LogP contribution in [0.15, 0.2) is 11.1 Å². The van der Waals surface area contributed by atoms with Gasteiger partial charge in [-0.05, 0) is 0 Å². The number of imidazole rings is 1. The first-order valence-corrected chi connectivity index (χ1v) is 7.73. The van der Waals surface area contributed by atoms with Gasteiger partial charge in [0.25, 0.3) is 5.56 Å². The summed E-state index contributed by atoms with van der Waals surface area (Å²) in [5.74, 6) is -0.711. The van der Waals surface area contributed by atoms with E-state index in [4.69, 9.17) is 4.74 Å². The van der Waals surface area contributed by atoms with Gasteiger partial charge in [0, 0.05) is 5.92 Å². The van der Waals surface area contributed by atoms with Gasteiger partial charge in [0.1, 0.15) is 18.3 Å². The average molecular weight is 359 g/mol. The summed E-state index contributed by atoms with van der Waals surface area (Å²) in [4.78, 5) is 34.4. The molecule has 11 heteroatoms. The maximum absolute atomic E-state index is 12.1. The number of ether oxygens (including phenoxy) is 1. The molecule has 2 aromatic rings. The highest BCUT2D eigenvalue weighted by atomic mass is 16.8. The van der Waals surface area contributed by atoms with Gasteiger partial charge in [-0.2, -0.15) is 4.98 Å². The summed E-state index contributed by atoms with van der Waals surface area (Å²) < 4.78 is 6.70. The van der Waals surface area contributed by atoms with E-state index in [9.17, 15) is 24.9 Å². The van der Waals surface area contributed by atoms with Crippen LogP contribution in [0, 0.1) is 5.92 Å². The minimum atomic E-state index is -1.34. The second-order valence-electron chi connectivity index (χ2n) is 6.11. The van der Waals surface area contributed by atoms with E-state index < -0.39 is 36.7 Å². The fourth-order valence-electron chi connectivity index (χ4n) is 2.54. The summed E-state index contributed by atoms with van der Waals surface area (Å²) in [6, 6.07) is 0. The van der Waals surface area contributed by atoms with Crippen LogP contribution in [0.1, 0.15) is 20.1 Å². The molecule has 0 saturated carbocycles. The van der Waals surface area contributed by atoms with Crippen molar-refractivity contribution in [3.8, 4) is 0 Å². The molecule has 1 amide bonds. The van der Waals surface area contributed by atoms with Crippen LogP contribution in [-0.2, 0) is 9.53 Å². The molecule has 5 N–H and O–H groups in total. The van der Waals surface area contributed by atoms with E-state index in [0.29, 0.717) is 0 Å². The zero-order valence-corrected chi connectivity index (χ0v) is 13.6. The van der Waals surface area contributed by atoms with Gasteiger partial charge < -0.3 is 20.1 Å².